The number of nitrogens with zero attached hydrogens (tertiary/aromatic N) is 1. The molecule has 1 amide bonds. The number of rotatable bonds is 9. The summed E-state index contributed by atoms with van der Waals surface area (Å²) in [5.74, 6) is 1.96. The van der Waals surface area contributed by atoms with Crippen molar-refractivity contribution in [3.8, 4) is 29.1 Å². The molecular formula is C27H23BrN2O5. The fourth-order valence-corrected chi connectivity index (χ4v) is 3.65. The van der Waals surface area contributed by atoms with Gasteiger partial charge in [-0.2, -0.15) is 5.26 Å². The molecule has 0 unspecified atom stereocenters. The fraction of sp³-hybridized carbons (Fsp3) is 0.185. The van der Waals surface area contributed by atoms with Gasteiger partial charge >= 0.3 is 0 Å². The predicted octanol–water partition coefficient (Wildman–Crippen LogP) is 5.38. The van der Waals surface area contributed by atoms with Gasteiger partial charge in [-0.15, -0.1) is 0 Å². The van der Waals surface area contributed by atoms with Crippen LogP contribution in [0.3, 0.4) is 0 Å². The minimum atomic E-state index is -0.473. The maximum absolute atomic E-state index is 12.6. The van der Waals surface area contributed by atoms with Gasteiger partial charge < -0.3 is 24.3 Å². The number of nitrogens with one attached hydrogen (secondary N) is 1. The molecule has 178 valence electrons. The van der Waals surface area contributed by atoms with Crippen LogP contribution in [0, 0.1) is 11.3 Å². The van der Waals surface area contributed by atoms with Crippen molar-refractivity contribution in [2.24, 2.45) is 0 Å². The highest BCUT2D eigenvalue weighted by atomic mass is 79.9. The van der Waals surface area contributed by atoms with Crippen molar-refractivity contribution in [3.05, 3.63) is 87.4 Å². The van der Waals surface area contributed by atoms with E-state index < -0.39 is 5.91 Å². The second-order valence-corrected chi connectivity index (χ2v) is 8.51. The van der Waals surface area contributed by atoms with Gasteiger partial charge in [0, 0.05) is 11.0 Å². The summed E-state index contributed by atoms with van der Waals surface area (Å²) in [6, 6.07) is 20.6. The topological polar surface area (TPSA) is 89.8 Å². The molecule has 0 spiro atoms. The molecule has 0 radical (unpaired) electrons. The number of benzene rings is 3. The van der Waals surface area contributed by atoms with Gasteiger partial charge in [0.2, 0.25) is 6.79 Å². The molecular weight excluding hydrogens is 512 g/mol. The van der Waals surface area contributed by atoms with E-state index in [0.717, 1.165) is 15.6 Å². The quantitative estimate of drug-likeness (QED) is 0.293. The number of halogens is 1. The summed E-state index contributed by atoms with van der Waals surface area (Å²) in [7, 11) is 0. The van der Waals surface area contributed by atoms with Crippen LogP contribution in [0.2, 0.25) is 0 Å². The van der Waals surface area contributed by atoms with Gasteiger partial charge in [-0.1, -0.05) is 40.2 Å². The van der Waals surface area contributed by atoms with Crippen molar-refractivity contribution >= 4 is 27.9 Å². The monoisotopic (exact) mass is 534 g/mol. The van der Waals surface area contributed by atoms with Gasteiger partial charge in [-0.3, -0.25) is 4.79 Å². The summed E-state index contributed by atoms with van der Waals surface area (Å²) in [6.45, 7) is 3.15. The second-order valence-electron chi connectivity index (χ2n) is 7.59. The number of hydrogen-bond acceptors (Lipinski definition) is 6. The maximum atomic E-state index is 12.6. The van der Waals surface area contributed by atoms with Crippen molar-refractivity contribution in [3.63, 3.8) is 0 Å². The molecule has 0 saturated carbocycles. The zero-order valence-electron chi connectivity index (χ0n) is 19.0. The van der Waals surface area contributed by atoms with E-state index in [1.807, 2.05) is 43.3 Å². The smallest absolute Gasteiger partial charge is 0.262 e. The van der Waals surface area contributed by atoms with Crippen LogP contribution in [0.1, 0.15) is 23.6 Å². The van der Waals surface area contributed by atoms with Gasteiger partial charge in [-0.25, -0.2) is 0 Å². The van der Waals surface area contributed by atoms with Gasteiger partial charge in [0.05, 0.1) is 6.61 Å². The first-order valence-electron chi connectivity index (χ1n) is 11.0. The molecule has 7 nitrogen and oxygen atoms in total. The second kappa shape index (κ2) is 11.4. The SMILES string of the molecule is CCOc1cc(/C=C(\C#N)C(=O)NCc2ccc3c(c2)OCO3)ccc1OCc1ccc(Br)cc1. The number of amides is 1. The molecule has 0 bridgehead atoms. The average Bonchev–Trinajstić information content (AvgIpc) is 3.34. The highest BCUT2D eigenvalue weighted by molar-refractivity contribution is 9.10. The third kappa shape index (κ3) is 6.34. The Balaban J connectivity index is 1.43. The van der Waals surface area contributed by atoms with E-state index >= 15 is 0 Å². The highest BCUT2D eigenvalue weighted by Crippen LogP contribution is 2.33. The number of fused-ring (bicyclic) bond motifs is 1. The summed E-state index contributed by atoms with van der Waals surface area (Å²) in [4.78, 5) is 12.6. The van der Waals surface area contributed by atoms with Crippen LogP contribution in [-0.4, -0.2) is 19.3 Å². The van der Waals surface area contributed by atoms with Gasteiger partial charge in [0.1, 0.15) is 18.2 Å². The Morgan fingerprint density at radius 2 is 1.80 bits per heavy atom. The van der Waals surface area contributed by atoms with E-state index in [-0.39, 0.29) is 18.9 Å². The van der Waals surface area contributed by atoms with Gasteiger partial charge in [-0.05, 0) is 66.1 Å². The number of nitriles is 1. The van der Waals surface area contributed by atoms with E-state index in [9.17, 15) is 10.1 Å². The van der Waals surface area contributed by atoms with E-state index in [0.29, 0.717) is 41.8 Å². The highest BCUT2D eigenvalue weighted by Gasteiger charge is 2.15. The predicted molar refractivity (Wildman–Crippen MR) is 134 cm³/mol. The summed E-state index contributed by atoms with van der Waals surface area (Å²) in [5, 5.41) is 12.3. The zero-order valence-corrected chi connectivity index (χ0v) is 20.6. The lowest BCUT2D eigenvalue weighted by Crippen LogP contribution is -2.23. The molecule has 0 aromatic heterocycles. The molecule has 1 N–H and O–H groups in total. The minimum absolute atomic E-state index is 0.0169. The average molecular weight is 535 g/mol. The Morgan fingerprint density at radius 1 is 1.03 bits per heavy atom. The van der Waals surface area contributed by atoms with Crippen molar-refractivity contribution in [2.75, 3.05) is 13.4 Å². The molecule has 4 rings (SSSR count). The van der Waals surface area contributed by atoms with Crippen LogP contribution in [0.5, 0.6) is 23.0 Å². The largest absolute Gasteiger partial charge is 0.490 e. The first-order chi connectivity index (χ1) is 17.1. The summed E-state index contributed by atoms with van der Waals surface area (Å²) in [5.41, 5.74) is 2.49. The van der Waals surface area contributed by atoms with Gasteiger partial charge in [0.15, 0.2) is 23.0 Å². The van der Waals surface area contributed by atoms with E-state index in [4.69, 9.17) is 18.9 Å². The van der Waals surface area contributed by atoms with E-state index in [1.54, 1.807) is 30.3 Å². The first kappa shape index (κ1) is 24.2. The molecule has 8 heteroatoms. The van der Waals surface area contributed by atoms with Crippen LogP contribution >= 0.6 is 15.9 Å². The van der Waals surface area contributed by atoms with Crippen molar-refractivity contribution < 1.29 is 23.7 Å². The van der Waals surface area contributed by atoms with Gasteiger partial charge in [0.25, 0.3) is 5.91 Å². The van der Waals surface area contributed by atoms with E-state index in [1.165, 1.54) is 6.08 Å². The molecule has 1 heterocycles. The minimum Gasteiger partial charge on any atom is -0.490 e. The van der Waals surface area contributed by atoms with Crippen LogP contribution in [0.15, 0.2) is 70.7 Å². The van der Waals surface area contributed by atoms with Crippen molar-refractivity contribution in [1.29, 1.82) is 5.26 Å². The molecule has 1 aliphatic heterocycles. The zero-order chi connectivity index (χ0) is 24.6. The number of ether oxygens (including phenoxy) is 4. The normalized spacial score (nSPS) is 12.1. The van der Waals surface area contributed by atoms with Crippen molar-refractivity contribution in [1.82, 2.24) is 5.32 Å². The number of hydrogen-bond donors (Lipinski definition) is 1. The Hall–Kier alpha value is -3.96. The number of carbonyl (C=O) groups is 1. The molecule has 0 aliphatic carbocycles. The van der Waals surface area contributed by atoms with Crippen LogP contribution in [0.25, 0.3) is 6.08 Å². The third-order valence-electron chi connectivity index (χ3n) is 5.14. The summed E-state index contributed by atoms with van der Waals surface area (Å²) in [6.07, 6.45) is 1.52. The Labute approximate surface area is 212 Å². The molecule has 0 saturated heterocycles. The molecule has 0 atom stereocenters. The van der Waals surface area contributed by atoms with Crippen LogP contribution in [0.4, 0.5) is 0 Å². The van der Waals surface area contributed by atoms with Crippen LogP contribution in [-0.2, 0) is 17.9 Å². The standard InChI is InChI=1S/C27H23BrN2O5/c1-2-32-25-12-19(5-9-23(25)33-16-18-3-7-22(28)8-4-18)11-21(14-29)27(31)30-15-20-6-10-24-26(13-20)35-17-34-24/h3-13H,2,15-17H2,1H3,(H,30,31)/b21-11+. The fourth-order valence-electron chi connectivity index (χ4n) is 3.39. The van der Waals surface area contributed by atoms with Crippen LogP contribution < -0.4 is 24.3 Å². The Kier molecular flexibility index (Phi) is 7.91. The summed E-state index contributed by atoms with van der Waals surface area (Å²) >= 11 is 3.42. The lowest BCUT2D eigenvalue weighted by atomic mass is 10.1. The Morgan fingerprint density at radius 3 is 2.57 bits per heavy atom. The lowest BCUT2D eigenvalue weighted by Gasteiger charge is -2.13. The lowest BCUT2D eigenvalue weighted by molar-refractivity contribution is -0.117. The molecule has 35 heavy (non-hydrogen) atoms. The van der Waals surface area contributed by atoms with E-state index in [2.05, 4.69) is 21.2 Å². The first-order valence-corrected chi connectivity index (χ1v) is 11.8. The van der Waals surface area contributed by atoms with Crippen molar-refractivity contribution in [2.45, 2.75) is 20.1 Å². The molecule has 3 aromatic carbocycles. The molecule has 0 fully saturated rings. The molecule has 3 aromatic rings. The number of carbonyl (C=O) groups excluding carboxylic acids is 1. The third-order valence-corrected chi connectivity index (χ3v) is 5.67. The Bertz CT molecular complexity index is 1280. The molecule has 1 aliphatic rings. The summed E-state index contributed by atoms with van der Waals surface area (Å²) < 4.78 is 23.3. The maximum Gasteiger partial charge on any atom is 0.262 e.